The summed E-state index contributed by atoms with van der Waals surface area (Å²) >= 11 is 0. The van der Waals surface area contributed by atoms with Crippen molar-refractivity contribution in [3.63, 3.8) is 0 Å². The molecule has 2 rings (SSSR count). The van der Waals surface area contributed by atoms with E-state index in [1.165, 1.54) is 0 Å². The fourth-order valence-electron chi connectivity index (χ4n) is 2.06. The maximum Gasteiger partial charge on any atom is 0.215 e. The van der Waals surface area contributed by atoms with Crippen molar-refractivity contribution in [1.29, 1.82) is 0 Å². The predicted octanol–water partition coefficient (Wildman–Crippen LogP) is 1.21. The third kappa shape index (κ3) is 6.80. The van der Waals surface area contributed by atoms with Gasteiger partial charge in [0.15, 0.2) is 5.96 Å². The average molecular weight is 346 g/mol. The summed E-state index contributed by atoms with van der Waals surface area (Å²) in [6, 6.07) is 18.8. The van der Waals surface area contributed by atoms with Crippen LogP contribution < -0.4 is 15.8 Å². The van der Waals surface area contributed by atoms with Crippen molar-refractivity contribution in [2.24, 2.45) is 10.7 Å². The van der Waals surface area contributed by atoms with Crippen LogP contribution in [-0.4, -0.2) is 27.5 Å². The van der Waals surface area contributed by atoms with Gasteiger partial charge in [0.25, 0.3) is 0 Å². The Hall–Kier alpha value is -2.38. The van der Waals surface area contributed by atoms with E-state index in [9.17, 15) is 8.42 Å². The summed E-state index contributed by atoms with van der Waals surface area (Å²) < 4.78 is 26.4. The van der Waals surface area contributed by atoms with Crippen LogP contribution in [0.1, 0.15) is 11.1 Å². The minimum atomic E-state index is -3.36. The first-order valence-corrected chi connectivity index (χ1v) is 9.29. The highest BCUT2D eigenvalue weighted by Crippen LogP contribution is 2.03. The third-order valence-corrected chi connectivity index (χ3v) is 4.58. The van der Waals surface area contributed by atoms with Crippen molar-refractivity contribution < 1.29 is 8.42 Å². The Morgan fingerprint density at radius 2 is 1.50 bits per heavy atom. The van der Waals surface area contributed by atoms with Crippen LogP contribution >= 0.6 is 0 Å². The summed E-state index contributed by atoms with van der Waals surface area (Å²) in [6.45, 7) is 1.11. The van der Waals surface area contributed by atoms with Crippen molar-refractivity contribution in [2.45, 2.75) is 12.3 Å². The molecule has 0 fully saturated rings. The summed E-state index contributed by atoms with van der Waals surface area (Å²) in [6.07, 6.45) is 0. The van der Waals surface area contributed by atoms with Gasteiger partial charge in [-0.25, -0.2) is 18.1 Å². The predicted molar refractivity (Wildman–Crippen MR) is 96.8 cm³/mol. The number of sulfonamides is 1. The van der Waals surface area contributed by atoms with Crippen LogP contribution in [0.2, 0.25) is 0 Å². The molecule has 0 amide bonds. The Bertz CT molecular complexity index is 747. The Labute approximate surface area is 142 Å². The molecular weight excluding hydrogens is 324 g/mol. The zero-order valence-corrected chi connectivity index (χ0v) is 14.2. The molecule has 0 atom stereocenters. The summed E-state index contributed by atoms with van der Waals surface area (Å²) in [5, 5.41) is 2.89. The Morgan fingerprint density at radius 3 is 2.12 bits per heavy atom. The summed E-state index contributed by atoms with van der Waals surface area (Å²) in [7, 11) is -3.36. The van der Waals surface area contributed by atoms with E-state index in [1.807, 2.05) is 48.5 Å². The highest BCUT2D eigenvalue weighted by Gasteiger charge is 2.10. The summed E-state index contributed by atoms with van der Waals surface area (Å²) in [4.78, 5) is 4.20. The second kappa shape index (κ2) is 9.05. The second-order valence-electron chi connectivity index (χ2n) is 5.25. The van der Waals surface area contributed by atoms with Crippen LogP contribution in [0.3, 0.4) is 0 Å². The van der Waals surface area contributed by atoms with E-state index in [0.29, 0.717) is 19.0 Å². The molecule has 0 unspecified atom stereocenters. The zero-order valence-electron chi connectivity index (χ0n) is 13.4. The number of aliphatic imine (C=N–C) groups is 1. The summed E-state index contributed by atoms with van der Waals surface area (Å²) in [5.41, 5.74) is 7.57. The lowest BCUT2D eigenvalue weighted by Crippen LogP contribution is -2.38. The lowest BCUT2D eigenvalue weighted by Gasteiger charge is -2.08. The lowest BCUT2D eigenvalue weighted by molar-refractivity contribution is 0.580. The fourth-order valence-corrected chi connectivity index (χ4v) is 3.20. The van der Waals surface area contributed by atoms with E-state index < -0.39 is 10.0 Å². The lowest BCUT2D eigenvalue weighted by atomic mass is 10.2. The summed E-state index contributed by atoms with van der Waals surface area (Å²) in [5.74, 6) is 0.256. The fraction of sp³-hybridized carbons (Fsp3) is 0.235. The van der Waals surface area contributed by atoms with Gasteiger partial charge in [0.05, 0.1) is 12.3 Å². The average Bonchev–Trinajstić information content (AvgIpc) is 2.58. The SMILES string of the molecule is NC(=NCc1ccccc1)NCCNS(=O)(=O)Cc1ccccc1. The largest absolute Gasteiger partial charge is 0.370 e. The van der Waals surface area contributed by atoms with E-state index in [0.717, 1.165) is 11.1 Å². The zero-order chi connectivity index (χ0) is 17.3. The molecule has 7 heteroatoms. The molecule has 0 saturated carbocycles. The van der Waals surface area contributed by atoms with Crippen molar-refractivity contribution in [3.8, 4) is 0 Å². The normalized spacial score (nSPS) is 12.1. The van der Waals surface area contributed by atoms with Gasteiger partial charge in [-0.05, 0) is 11.1 Å². The van der Waals surface area contributed by atoms with Crippen molar-refractivity contribution in [2.75, 3.05) is 13.1 Å². The van der Waals surface area contributed by atoms with Crippen molar-refractivity contribution in [1.82, 2.24) is 10.0 Å². The molecule has 128 valence electrons. The van der Waals surface area contributed by atoms with Gasteiger partial charge in [-0.2, -0.15) is 0 Å². The highest BCUT2D eigenvalue weighted by molar-refractivity contribution is 7.88. The molecule has 0 heterocycles. The Kier molecular flexibility index (Phi) is 6.77. The maximum absolute atomic E-state index is 12.0. The molecule has 0 radical (unpaired) electrons. The molecule has 2 aromatic rings. The molecule has 0 aliphatic carbocycles. The minimum Gasteiger partial charge on any atom is -0.370 e. The third-order valence-electron chi connectivity index (χ3n) is 3.23. The van der Waals surface area contributed by atoms with Crippen molar-refractivity contribution >= 4 is 16.0 Å². The van der Waals surface area contributed by atoms with Crippen molar-refractivity contribution in [3.05, 3.63) is 71.8 Å². The first-order valence-electron chi connectivity index (χ1n) is 7.64. The number of nitrogens with two attached hydrogens (primary N) is 1. The number of nitrogens with zero attached hydrogens (tertiary/aromatic N) is 1. The maximum atomic E-state index is 12.0. The van der Waals surface area contributed by atoms with Crippen LogP contribution in [0.5, 0.6) is 0 Å². The molecular formula is C17H22N4O2S. The molecule has 0 saturated heterocycles. The highest BCUT2D eigenvalue weighted by atomic mass is 32.2. The monoisotopic (exact) mass is 346 g/mol. The van der Waals surface area contributed by atoms with Gasteiger partial charge in [-0.15, -0.1) is 0 Å². The van der Waals surface area contributed by atoms with Gasteiger partial charge in [0, 0.05) is 13.1 Å². The Morgan fingerprint density at radius 1 is 0.917 bits per heavy atom. The van der Waals surface area contributed by atoms with E-state index in [2.05, 4.69) is 15.0 Å². The molecule has 4 N–H and O–H groups in total. The van der Waals surface area contributed by atoms with Crippen LogP contribution in [0, 0.1) is 0 Å². The quantitative estimate of drug-likeness (QED) is 0.380. The van der Waals surface area contributed by atoms with Gasteiger partial charge in [-0.1, -0.05) is 60.7 Å². The topological polar surface area (TPSA) is 96.6 Å². The molecule has 24 heavy (non-hydrogen) atoms. The molecule has 0 spiro atoms. The van der Waals surface area contributed by atoms with Gasteiger partial charge in [-0.3, -0.25) is 0 Å². The molecule has 0 aliphatic heterocycles. The molecule has 0 bridgehead atoms. The standard InChI is InChI=1S/C17H22N4O2S/c18-17(20-13-15-7-3-1-4-8-15)19-11-12-21-24(22,23)14-16-9-5-2-6-10-16/h1-10,21H,11-14H2,(H3,18,19,20). The van der Waals surface area contributed by atoms with E-state index in [1.54, 1.807) is 12.1 Å². The molecule has 2 aromatic carbocycles. The number of benzene rings is 2. The first-order chi connectivity index (χ1) is 11.6. The first kappa shape index (κ1) is 18.0. The molecule has 0 aromatic heterocycles. The van der Waals surface area contributed by atoms with E-state index >= 15 is 0 Å². The van der Waals surface area contributed by atoms with Gasteiger partial charge in [0.1, 0.15) is 0 Å². The number of hydrogen-bond acceptors (Lipinski definition) is 3. The van der Waals surface area contributed by atoms with E-state index in [4.69, 9.17) is 5.73 Å². The van der Waals surface area contributed by atoms with Crippen LogP contribution in [-0.2, 0) is 22.3 Å². The van der Waals surface area contributed by atoms with Crippen LogP contribution in [0.4, 0.5) is 0 Å². The van der Waals surface area contributed by atoms with Gasteiger partial charge >= 0.3 is 0 Å². The smallest absolute Gasteiger partial charge is 0.215 e. The van der Waals surface area contributed by atoms with Gasteiger partial charge < -0.3 is 11.1 Å². The molecule has 0 aliphatic rings. The van der Waals surface area contributed by atoms with E-state index in [-0.39, 0.29) is 12.3 Å². The number of guanidine groups is 1. The molecule has 6 nitrogen and oxygen atoms in total. The minimum absolute atomic E-state index is 0.0363. The number of nitrogens with one attached hydrogen (secondary N) is 2. The second-order valence-corrected chi connectivity index (χ2v) is 7.06. The van der Waals surface area contributed by atoms with Crippen LogP contribution in [0.15, 0.2) is 65.7 Å². The number of hydrogen-bond donors (Lipinski definition) is 3. The number of rotatable bonds is 8. The Balaban J connectivity index is 1.70. The van der Waals surface area contributed by atoms with Gasteiger partial charge in [0.2, 0.25) is 10.0 Å². The van der Waals surface area contributed by atoms with Crippen LogP contribution in [0.25, 0.3) is 0 Å².